The first kappa shape index (κ1) is 14.5. The first-order valence-corrected chi connectivity index (χ1v) is 7.56. The van der Waals surface area contributed by atoms with Gasteiger partial charge in [-0.3, -0.25) is 4.90 Å². The van der Waals surface area contributed by atoms with Gasteiger partial charge in [0.2, 0.25) is 0 Å². The molecule has 1 heterocycles. The molecule has 2 unspecified atom stereocenters. The second kappa shape index (κ2) is 6.53. The summed E-state index contributed by atoms with van der Waals surface area (Å²) in [5.41, 5.74) is 4.40. The van der Waals surface area contributed by atoms with Crippen molar-refractivity contribution in [2.24, 2.45) is 5.92 Å². The topological polar surface area (TPSA) is 15.3 Å². The average molecular weight is 260 g/mol. The number of rotatable bonds is 4. The zero-order valence-electron chi connectivity index (χ0n) is 12.9. The van der Waals surface area contributed by atoms with Crippen molar-refractivity contribution >= 4 is 0 Å². The van der Waals surface area contributed by atoms with Crippen molar-refractivity contribution in [3.8, 4) is 0 Å². The molecular weight excluding hydrogens is 232 g/mol. The minimum absolute atomic E-state index is 0.626. The van der Waals surface area contributed by atoms with Crippen LogP contribution in [0.4, 0.5) is 0 Å². The molecule has 2 atom stereocenters. The quantitative estimate of drug-likeness (QED) is 0.895. The summed E-state index contributed by atoms with van der Waals surface area (Å²) in [6, 6.07) is 7.26. The molecule has 0 aliphatic carbocycles. The van der Waals surface area contributed by atoms with Crippen molar-refractivity contribution in [3.63, 3.8) is 0 Å². The molecule has 19 heavy (non-hydrogen) atoms. The lowest BCUT2D eigenvalue weighted by molar-refractivity contribution is 0.146. The summed E-state index contributed by atoms with van der Waals surface area (Å²) in [6.07, 6.45) is 2.70. The standard InChI is InChI=1S/C17H28N2/c1-13-7-5-8-14(2)17(13)12-19-10-6-9-16(11-19)15(3)18-4/h5,7-8,15-16,18H,6,9-12H2,1-4H3. The van der Waals surface area contributed by atoms with Crippen LogP contribution in [0, 0.1) is 19.8 Å². The fraction of sp³-hybridized carbons (Fsp3) is 0.647. The molecule has 0 amide bonds. The average Bonchev–Trinajstić information content (AvgIpc) is 2.42. The minimum atomic E-state index is 0.626. The van der Waals surface area contributed by atoms with E-state index in [0.717, 1.165) is 12.5 Å². The van der Waals surface area contributed by atoms with Crippen molar-refractivity contribution in [3.05, 3.63) is 34.9 Å². The monoisotopic (exact) mass is 260 g/mol. The molecule has 1 aromatic rings. The summed E-state index contributed by atoms with van der Waals surface area (Å²) >= 11 is 0. The van der Waals surface area contributed by atoms with E-state index in [2.05, 4.69) is 56.2 Å². The number of hydrogen-bond donors (Lipinski definition) is 1. The van der Waals surface area contributed by atoms with Crippen LogP contribution in [0.15, 0.2) is 18.2 Å². The maximum Gasteiger partial charge on any atom is 0.0239 e. The van der Waals surface area contributed by atoms with E-state index in [1.807, 2.05) is 0 Å². The molecule has 0 aromatic heterocycles. The Morgan fingerprint density at radius 2 is 2.00 bits per heavy atom. The molecule has 1 aliphatic heterocycles. The van der Waals surface area contributed by atoms with Gasteiger partial charge >= 0.3 is 0 Å². The van der Waals surface area contributed by atoms with Gasteiger partial charge in [0.05, 0.1) is 0 Å². The summed E-state index contributed by atoms with van der Waals surface area (Å²) in [7, 11) is 2.08. The SMILES string of the molecule is CNC(C)C1CCCN(Cc2c(C)cccc2C)C1. The lowest BCUT2D eigenvalue weighted by atomic mass is 9.91. The number of nitrogens with one attached hydrogen (secondary N) is 1. The summed E-state index contributed by atoms with van der Waals surface area (Å²) < 4.78 is 0. The Balaban J connectivity index is 2.03. The smallest absolute Gasteiger partial charge is 0.0239 e. The van der Waals surface area contributed by atoms with Crippen molar-refractivity contribution in [2.45, 2.75) is 46.2 Å². The zero-order chi connectivity index (χ0) is 13.8. The Morgan fingerprint density at radius 3 is 2.63 bits per heavy atom. The maximum absolute atomic E-state index is 3.42. The Labute approximate surface area is 118 Å². The van der Waals surface area contributed by atoms with Gasteiger partial charge in [-0.25, -0.2) is 0 Å². The van der Waals surface area contributed by atoms with Gasteiger partial charge in [-0.05, 0) is 69.8 Å². The molecule has 2 nitrogen and oxygen atoms in total. The highest BCUT2D eigenvalue weighted by Gasteiger charge is 2.24. The maximum atomic E-state index is 3.42. The van der Waals surface area contributed by atoms with Crippen LogP contribution in [0.1, 0.15) is 36.5 Å². The van der Waals surface area contributed by atoms with E-state index in [9.17, 15) is 0 Å². The van der Waals surface area contributed by atoms with Crippen LogP contribution in [0.2, 0.25) is 0 Å². The molecule has 1 fully saturated rings. The molecule has 1 N–H and O–H groups in total. The zero-order valence-corrected chi connectivity index (χ0v) is 12.9. The van der Waals surface area contributed by atoms with Gasteiger partial charge in [0.15, 0.2) is 0 Å². The lowest BCUT2D eigenvalue weighted by Gasteiger charge is -2.36. The van der Waals surface area contributed by atoms with E-state index in [1.165, 1.54) is 42.6 Å². The van der Waals surface area contributed by atoms with Crippen molar-refractivity contribution in [1.29, 1.82) is 0 Å². The van der Waals surface area contributed by atoms with E-state index in [4.69, 9.17) is 0 Å². The molecule has 0 bridgehead atoms. The largest absolute Gasteiger partial charge is 0.317 e. The minimum Gasteiger partial charge on any atom is -0.317 e. The Morgan fingerprint density at radius 1 is 1.32 bits per heavy atom. The summed E-state index contributed by atoms with van der Waals surface area (Å²) in [5, 5.41) is 3.42. The number of aryl methyl sites for hydroxylation is 2. The van der Waals surface area contributed by atoms with Gasteiger partial charge in [0, 0.05) is 19.1 Å². The molecule has 1 saturated heterocycles. The van der Waals surface area contributed by atoms with Gasteiger partial charge in [-0.15, -0.1) is 0 Å². The van der Waals surface area contributed by atoms with Gasteiger partial charge < -0.3 is 5.32 Å². The Kier molecular flexibility index (Phi) is 5.00. The van der Waals surface area contributed by atoms with Gasteiger partial charge in [0.25, 0.3) is 0 Å². The van der Waals surface area contributed by atoms with E-state index >= 15 is 0 Å². The normalized spacial score (nSPS) is 22.4. The third-order valence-electron chi connectivity index (χ3n) is 4.73. The van der Waals surface area contributed by atoms with E-state index in [-0.39, 0.29) is 0 Å². The molecule has 1 aromatic carbocycles. The van der Waals surface area contributed by atoms with Crippen molar-refractivity contribution < 1.29 is 0 Å². The number of piperidine rings is 1. The molecule has 0 spiro atoms. The van der Waals surface area contributed by atoms with Crippen LogP contribution < -0.4 is 5.32 Å². The van der Waals surface area contributed by atoms with Crippen molar-refractivity contribution in [2.75, 3.05) is 20.1 Å². The summed E-state index contributed by atoms with van der Waals surface area (Å²) in [5.74, 6) is 0.795. The number of hydrogen-bond acceptors (Lipinski definition) is 2. The lowest BCUT2D eigenvalue weighted by Crippen LogP contribution is -2.43. The van der Waals surface area contributed by atoms with Crippen LogP contribution in [-0.2, 0) is 6.54 Å². The number of benzene rings is 1. The molecule has 2 rings (SSSR count). The van der Waals surface area contributed by atoms with Crippen LogP contribution in [-0.4, -0.2) is 31.1 Å². The van der Waals surface area contributed by atoms with Crippen LogP contribution in [0.3, 0.4) is 0 Å². The molecular formula is C17H28N2. The first-order chi connectivity index (χ1) is 9.11. The van der Waals surface area contributed by atoms with Crippen LogP contribution in [0.5, 0.6) is 0 Å². The first-order valence-electron chi connectivity index (χ1n) is 7.56. The van der Waals surface area contributed by atoms with Gasteiger partial charge in [0.1, 0.15) is 0 Å². The molecule has 106 valence electrons. The van der Waals surface area contributed by atoms with Gasteiger partial charge in [-0.2, -0.15) is 0 Å². The Hall–Kier alpha value is -0.860. The second-order valence-electron chi connectivity index (χ2n) is 6.09. The fourth-order valence-electron chi connectivity index (χ4n) is 3.20. The van der Waals surface area contributed by atoms with Crippen LogP contribution >= 0.6 is 0 Å². The second-order valence-corrected chi connectivity index (χ2v) is 6.09. The van der Waals surface area contributed by atoms with E-state index < -0.39 is 0 Å². The third kappa shape index (κ3) is 3.58. The molecule has 0 saturated carbocycles. The summed E-state index contributed by atoms with van der Waals surface area (Å²) in [4.78, 5) is 2.64. The highest BCUT2D eigenvalue weighted by atomic mass is 15.1. The highest BCUT2D eigenvalue weighted by Crippen LogP contribution is 2.23. The Bertz CT molecular complexity index is 393. The molecule has 0 radical (unpaired) electrons. The number of nitrogens with zero attached hydrogens (tertiary/aromatic N) is 1. The fourth-order valence-corrected chi connectivity index (χ4v) is 3.20. The third-order valence-corrected chi connectivity index (χ3v) is 4.73. The number of likely N-dealkylation sites (tertiary alicyclic amines) is 1. The predicted octanol–water partition coefficient (Wildman–Crippen LogP) is 3.12. The summed E-state index contributed by atoms with van der Waals surface area (Å²) in [6.45, 7) is 10.4. The van der Waals surface area contributed by atoms with Crippen LogP contribution in [0.25, 0.3) is 0 Å². The predicted molar refractivity (Wildman–Crippen MR) is 82.4 cm³/mol. The van der Waals surface area contributed by atoms with E-state index in [0.29, 0.717) is 6.04 Å². The van der Waals surface area contributed by atoms with Gasteiger partial charge in [-0.1, -0.05) is 18.2 Å². The highest BCUT2D eigenvalue weighted by molar-refractivity contribution is 5.33. The molecule has 2 heteroatoms. The molecule has 1 aliphatic rings. The van der Waals surface area contributed by atoms with Crippen molar-refractivity contribution in [1.82, 2.24) is 10.2 Å². The van der Waals surface area contributed by atoms with E-state index in [1.54, 1.807) is 0 Å².